The highest BCUT2D eigenvalue weighted by Gasteiger charge is 2.26. The molecule has 4 rings (SSSR count). The molecule has 0 aliphatic carbocycles. The Morgan fingerprint density at radius 3 is 2.58 bits per heavy atom. The lowest BCUT2D eigenvalue weighted by atomic mass is 9.86. The molecule has 0 aliphatic heterocycles. The molecule has 33 heavy (non-hydrogen) atoms. The fourth-order valence-corrected chi connectivity index (χ4v) is 4.48. The molecule has 4 aromatic rings. The van der Waals surface area contributed by atoms with Crippen LogP contribution in [0.5, 0.6) is 0 Å². The number of anilines is 1. The van der Waals surface area contributed by atoms with Crippen LogP contribution in [0.15, 0.2) is 30.6 Å². The maximum absolute atomic E-state index is 12.6. The Labute approximate surface area is 196 Å². The van der Waals surface area contributed by atoms with Crippen LogP contribution in [0.2, 0.25) is 0 Å². The van der Waals surface area contributed by atoms with Gasteiger partial charge in [-0.2, -0.15) is 5.10 Å². The number of fused-ring (bicyclic) bond motifs is 3. The second kappa shape index (κ2) is 8.99. The summed E-state index contributed by atoms with van der Waals surface area (Å²) in [5.74, 6) is 0.597. The number of nitrogens with zero attached hydrogens (tertiary/aromatic N) is 4. The molecular formula is C24H28N6O2S. The Morgan fingerprint density at radius 1 is 1.15 bits per heavy atom. The van der Waals surface area contributed by atoms with Gasteiger partial charge in [-0.15, -0.1) is 16.4 Å². The molecule has 0 fully saturated rings. The van der Waals surface area contributed by atoms with Crippen molar-refractivity contribution in [1.82, 2.24) is 25.5 Å². The Hall–Kier alpha value is -3.17. The zero-order chi connectivity index (χ0) is 23.8. The fourth-order valence-electron chi connectivity index (χ4n) is 3.38. The van der Waals surface area contributed by atoms with E-state index >= 15 is 0 Å². The number of aromatic nitrogens is 4. The molecule has 0 bridgehead atoms. The number of benzene rings is 1. The Kier molecular flexibility index (Phi) is 6.27. The van der Waals surface area contributed by atoms with Gasteiger partial charge in [0.25, 0.3) is 5.91 Å². The number of carbonyl (C=O) groups excluding carboxylic acids is 1. The molecule has 0 saturated carbocycles. The summed E-state index contributed by atoms with van der Waals surface area (Å²) < 4.78 is 0.951. The van der Waals surface area contributed by atoms with Crippen molar-refractivity contribution in [2.75, 3.05) is 11.9 Å². The minimum absolute atomic E-state index is 0.000908. The number of thiophene rings is 1. The zero-order valence-corrected chi connectivity index (χ0v) is 20.2. The van der Waals surface area contributed by atoms with Crippen LogP contribution in [0, 0.1) is 19.3 Å². The molecule has 8 nitrogen and oxygen atoms in total. The standard InChI is InChI=1S/C24H28N6O2S/c1-13-14(2)29-30-23-18(13)19-20(33-23)21(27-12-26-19)25-10-16-6-8-17(9-7-16)22(32)28-15(3)24(4,5)11-31/h6-9,12,15,31H,10-11H2,1-5H3,(H,28,32)(H,25,26,27). The van der Waals surface area contributed by atoms with E-state index < -0.39 is 5.41 Å². The van der Waals surface area contributed by atoms with Gasteiger partial charge in [-0.05, 0) is 44.0 Å². The van der Waals surface area contributed by atoms with Gasteiger partial charge in [0.1, 0.15) is 17.0 Å². The van der Waals surface area contributed by atoms with Gasteiger partial charge in [-0.25, -0.2) is 9.97 Å². The molecule has 0 spiro atoms. The van der Waals surface area contributed by atoms with Crippen LogP contribution in [0.3, 0.4) is 0 Å². The first kappa shape index (κ1) is 23.0. The Bertz CT molecular complexity index is 1320. The van der Waals surface area contributed by atoms with Gasteiger partial charge in [0.05, 0.1) is 22.5 Å². The summed E-state index contributed by atoms with van der Waals surface area (Å²) in [6, 6.07) is 7.30. The van der Waals surface area contributed by atoms with Crippen LogP contribution in [0.4, 0.5) is 5.82 Å². The molecule has 0 saturated heterocycles. The van der Waals surface area contributed by atoms with Crippen molar-refractivity contribution in [2.45, 2.75) is 47.2 Å². The number of aryl methyl sites for hydroxylation is 2. The van der Waals surface area contributed by atoms with Crippen molar-refractivity contribution in [3.63, 3.8) is 0 Å². The van der Waals surface area contributed by atoms with Crippen LogP contribution in [0.1, 0.15) is 48.0 Å². The molecule has 3 N–H and O–H groups in total. The average Bonchev–Trinajstić information content (AvgIpc) is 3.20. The predicted octanol–water partition coefficient (Wildman–Crippen LogP) is 4.00. The van der Waals surface area contributed by atoms with Gasteiger partial charge in [0.2, 0.25) is 0 Å². The lowest BCUT2D eigenvalue weighted by molar-refractivity contribution is 0.0834. The van der Waals surface area contributed by atoms with E-state index in [1.807, 2.05) is 58.9 Å². The molecule has 1 amide bonds. The van der Waals surface area contributed by atoms with Gasteiger partial charge in [0, 0.05) is 29.0 Å². The first-order valence-electron chi connectivity index (χ1n) is 10.8. The Morgan fingerprint density at radius 2 is 1.88 bits per heavy atom. The molecule has 3 heterocycles. The molecule has 0 radical (unpaired) electrons. The van der Waals surface area contributed by atoms with E-state index in [4.69, 9.17) is 0 Å². The first-order valence-corrected chi connectivity index (χ1v) is 11.6. The van der Waals surface area contributed by atoms with E-state index in [1.165, 1.54) is 11.3 Å². The Balaban J connectivity index is 1.49. The summed E-state index contributed by atoms with van der Waals surface area (Å²) in [5.41, 5.74) is 4.08. The number of nitrogens with one attached hydrogen (secondary N) is 2. The average molecular weight is 465 g/mol. The molecule has 9 heteroatoms. The quantitative estimate of drug-likeness (QED) is 0.379. The summed E-state index contributed by atoms with van der Waals surface area (Å²) in [4.78, 5) is 22.3. The molecule has 1 aromatic carbocycles. The maximum atomic E-state index is 12.6. The highest BCUT2D eigenvalue weighted by molar-refractivity contribution is 7.25. The van der Waals surface area contributed by atoms with E-state index in [0.29, 0.717) is 12.1 Å². The third-order valence-corrected chi connectivity index (χ3v) is 7.34. The lowest BCUT2D eigenvalue weighted by Gasteiger charge is -2.30. The van der Waals surface area contributed by atoms with Crippen molar-refractivity contribution in [3.05, 3.63) is 53.0 Å². The molecule has 1 atom stereocenters. The van der Waals surface area contributed by atoms with Gasteiger partial charge < -0.3 is 15.7 Å². The third kappa shape index (κ3) is 4.51. The van der Waals surface area contributed by atoms with Crippen LogP contribution >= 0.6 is 11.3 Å². The summed E-state index contributed by atoms with van der Waals surface area (Å²) in [6.07, 6.45) is 1.56. The third-order valence-electron chi connectivity index (χ3n) is 6.27. The molecule has 172 valence electrons. The van der Waals surface area contributed by atoms with Crippen LogP contribution in [-0.2, 0) is 6.54 Å². The van der Waals surface area contributed by atoms with Crippen molar-refractivity contribution in [1.29, 1.82) is 0 Å². The predicted molar refractivity (Wildman–Crippen MR) is 132 cm³/mol. The zero-order valence-electron chi connectivity index (χ0n) is 19.4. The lowest BCUT2D eigenvalue weighted by Crippen LogP contribution is -2.44. The number of amides is 1. The maximum Gasteiger partial charge on any atom is 0.251 e. The summed E-state index contributed by atoms with van der Waals surface area (Å²) >= 11 is 1.53. The number of hydrogen-bond acceptors (Lipinski definition) is 8. The number of hydrogen-bond donors (Lipinski definition) is 3. The second-order valence-electron chi connectivity index (χ2n) is 8.98. The SMILES string of the molecule is Cc1nnc2sc3c(NCc4ccc(C(=O)NC(C)C(C)(C)CO)cc4)ncnc3c2c1C. The minimum Gasteiger partial charge on any atom is -0.396 e. The second-order valence-corrected chi connectivity index (χ2v) is 9.98. The van der Waals surface area contributed by atoms with Gasteiger partial charge >= 0.3 is 0 Å². The summed E-state index contributed by atoms with van der Waals surface area (Å²) in [5, 5.41) is 25.4. The number of aliphatic hydroxyl groups is 1. The van der Waals surface area contributed by atoms with Crippen molar-refractivity contribution in [2.24, 2.45) is 5.41 Å². The van der Waals surface area contributed by atoms with Crippen molar-refractivity contribution >= 4 is 43.5 Å². The van der Waals surface area contributed by atoms with Gasteiger partial charge in [-0.1, -0.05) is 26.0 Å². The first-order chi connectivity index (χ1) is 15.7. The van der Waals surface area contributed by atoms with Crippen molar-refractivity contribution in [3.8, 4) is 0 Å². The summed E-state index contributed by atoms with van der Waals surface area (Å²) in [6.45, 7) is 10.3. The van der Waals surface area contributed by atoms with Gasteiger partial charge in [0.15, 0.2) is 0 Å². The number of carbonyl (C=O) groups is 1. The van der Waals surface area contributed by atoms with Crippen LogP contribution in [0.25, 0.3) is 20.4 Å². The molecule has 1 unspecified atom stereocenters. The number of aliphatic hydroxyl groups excluding tert-OH is 1. The molecule has 3 aromatic heterocycles. The smallest absolute Gasteiger partial charge is 0.251 e. The van der Waals surface area contributed by atoms with E-state index in [9.17, 15) is 9.90 Å². The van der Waals surface area contributed by atoms with E-state index in [1.54, 1.807) is 6.33 Å². The number of rotatable bonds is 7. The van der Waals surface area contributed by atoms with E-state index in [2.05, 4.69) is 30.8 Å². The fraction of sp³-hybridized carbons (Fsp3) is 0.375. The largest absolute Gasteiger partial charge is 0.396 e. The minimum atomic E-state index is -0.391. The van der Waals surface area contributed by atoms with Crippen LogP contribution < -0.4 is 10.6 Å². The van der Waals surface area contributed by atoms with Gasteiger partial charge in [-0.3, -0.25) is 4.79 Å². The van der Waals surface area contributed by atoms with E-state index in [-0.39, 0.29) is 18.6 Å². The van der Waals surface area contributed by atoms with Crippen molar-refractivity contribution < 1.29 is 9.90 Å². The monoisotopic (exact) mass is 464 g/mol. The summed E-state index contributed by atoms with van der Waals surface area (Å²) in [7, 11) is 0. The topological polar surface area (TPSA) is 113 Å². The highest BCUT2D eigenvalue weighted by atomic mass is 32.1. The van der Waals surface area contributed by atoms with Crippen LogP contribution in [-0.4, -0.2) is 43.8 Å². The van der Waals surface area contributed by atoms with E-state index in [0.717, 1.165) is 43.1 Å². The molecular weight excluding hydrogens is 436 g/mol. The normalized spacial score (nSPS) is 12.8. The highest BCUT2D eigenvalue weighted by Crippen LogP contribution is 2.36. The molecule has 0 aliphatic rings.